The van der Waals surface area contributed by atoms with E-state index in [1.165, 1.54) is 0 Å². The number of rotatable bonds is 2. The highest BCUT2D eigenvalue weighted by molar-refractivity contribution is 5.93. The van der Waals surface area contributed by atoms with Gasteiger partial charge in [-0.05, 0) is 6.07 Å². The number of nitrogens with one attached hydrogen (secondary N) is 3. The lowest BCUT2D eigenvalue weighted by atomic mass is 10.4. The van der Waals surface area contributed by atoms with Gasteiger partial charge in [-0.25, -0.2) is 0 Å². The van der Waals surface area contributed by atoms with Gasteiger partial charge in [0.1, 0.15) is 5.69 Å². The van der Waals surface area contributed by atoms with Crippen molar-refractivity contribution in [1.82, 2.24) is 10.3 Å². The number of carbonyl (C=O) groups excluding carboxylic acids is 1. The smallest absolute Gasteiger partial charge is 0.267 e. The molecule has 1 amide bonds. The van der Waals surface area contributed by atoms with Gasteiger partial charge in [-0.1, -0.05) is 0 Å². The van der Waals surface area contributed by atoms with Crippen molar-refractivity contribution in [2.24, 2.45) is 0 Å². The zero-order valence-corrected chi connectivity index (χ0v) is 6.56. The third-order valence-electron chi connectivity index (χ3n) is 1.44. The lowest BCUT2D eigenvalue weighted by Gasteiger charge is -1.92. The van der Waals surface area contributed by atoms with Gasteiger partial charge in [-0.15, -0.1) is 0 Å². The van der Waals surface area contributed by atoms with Crippen molar-refractivity contribution < 1.29 is 4.79 Å². The molecule has 0 spiro atoms. The first-order chi connectivity index (χ1) is 5.27. The number of carbonyl (C=O) groups is 1. The van der Waals surface area contributed by atoms with Gasteiger partial charge in [0.05, 0.1) is 5.69 Å². The Hall–Kier alpha value is -1.45. The maximum Gasteiger partial charge on any atom is 0.267 e. The summed E-state index contributed by atoms with van der Waals surface area (Å²) in [5.41, 5.74) is 1.47. The van der Waals surface area contributed by atoms with E-state index in [9.17, 15) is 4.79 Å². The van der Waals surface area contributed by atoms with Gasteiger partial charge in [0.15, 0.2) is 0 Å². The van der Waals surface area contributed by atoms with Gasteiger partial charge in [-0.3, -0.25) is 4.79 Å². The topological polar surface area (TPSA) is 56.9 Å². The Morgan fingerprint density at radius 3 is 2.73 bits per heavy atom. The van der Waals surface area contributed by atoms with Crippen LogP contribution >= 0.6 is 0 Å². The van der Waals surface area contributed by atoms with Crippen molar-refractivity contribution in [2.45, 2.75) is 0 Å². The van der Waals surface area contributed by atoms with Crippen LogP contribution in [0.4, 0.5) is 5.69 Å². The highest BCUT2D eigenvalue weighted by atomic mass is 16.1. The van der Waals surface area contributed by atoms with E-state index in [0.29, 0.717) is 5.69 Å². The molecule has 0 atom stereocenters. The molecule has 0 saturated heterocycles. The molecule has 0 aliphatic carbocycles. The summed E-state index contributed by atoms with van der Waals surface area (Å²) in [6.07, 6.45) is 1.74. The van der Waals surface area contributed by atoms with Crippen molar-refractivity contribution >= 4 is 11.6 Å². The molecule has 1 aromatic rings. The second-order valence-corrected chi connectivity index (χ2v) is 2.13. The Bertz CT molecular complexity index is 254. The fraction of sp³-hybridized carbons (Fsp3) is 0.286. The summed E-state index contributed by atoms with van der Waals surface area (Å²) in [6, 6.07) is 1.75. The maximum absolute atomic E-state index is 11.0. The van der Waals surface area contributed by atoms with Crippen molar-refractivity contribution in [2.75, 3.05) is 19.4 Å². The van der Waals surface area contributed by atoms with Gasteiger partial charge in [0.2, 0.25) is 0 Å². The molecule has 4 heteroatoms. The molecule has 1 heterocycles. The van der Waals surface area contributed by atoms with Crippen molar-refractivity contribution in [1.29, 1.82) is 0 Å². The number of aromatic amines is 1. The van der Waals surface area contributed by atoms with E-state index in [1.807, 2.05) is 0 Å². The number of amides is 1. The predicted molar refractivity (Wildman–Crippen MR) is 43.7 cm³/mol. The van der Waals surface area contributed by atoms with Crippen LogP contribution in [0, 0.1) is 0 Å². The SMILES string of the molecule is CNC(=O)c1cc(NC)c[nH]1. The van der Waals surface area contributed by atoms with Crippen LogP contribution in [0.5, 0.6) is 0 Å². The van der Waals surface area contributed by atoms with Gasteiger partial charge in [-0.2, -0.15) is 0 Å². The minimum Gasteiger partial charge on any atom is -0.387 e. The van der Waals surface area contributed by atoms with Crippen LogP contribution < -0.4 is 10.6 Å². The van der Waals surface area contributed by atoms with Crippen LogP contribution in [0.1, 0.15) is 10.5 Å². The van der Waals surface area contributed by atoms with Crippen LogP contribution in [0.2, 0.25) is 0 Å². The van der Waals surface area contributed by atoms with E-state index in [4.69, 9.17) is 0 Å². The third-order valence-corrected chi connectivity index (χ3v) is 1.44. The fourth-order valence-electron chi connectivity index (χ4n) is 0.804. The van der Waals surface area contributed by atoms with Crippen LogP contribution in [-0.4, -0.2) is 25.0 Å². The second kappa shape index (κ2) is 3.09. The molecule has 0 bridgehead atoms. The average Bonchev–Trinajstić information content (AvgIpc) is 2.50. The summed E-state index contributed by atoms with van der Waals surface area (Å²) in [6.45, 7) is 0. The van der Waals surface area contributed by atoms with Gasteiger partial charge in [0, 0.05) is 20.3 Å². The summed E-state index contributed by atoms with van der Waals surface area (Å²) in [5, 5.41) is 5.44. The van der Waals surface area contributed by atoms with Crippen LogP contribution in [-0.2, 0) is 0 Å². The predicted octanol–water partition coefficient (Wildman–Crippen LogP) is 0.416. The Balaban J connectivity index is 2.80. The zero-order valence-electron chi connectivity index (χ0n) is 6.56. The second-order valence-electron chi connectivity index (χ2n) is 2.13. The molecule has 1 rings (SSSR count). The molecule has 11 heavy (non-hydrogen) atoms. The van der Waals surface area contributed by atoms with Gasteiger partial charge < -0.3 is 15.6 Å². The van der Waals surface area contributed by atoms with Crippen LogP contribution in [0.3, 0.4) is 0 Å². The summed E-state index contributed by atoms with van der Waals surface area (Å²) in [5.74, 6) is -0.105. The van der Waals surface area contributed by atoms with E-state index in [0.717, 1.165) is 5.69 Å². The minimum absolute atomic E-state index is 0.105. The molecule has 3 N–H and O–H groups in total. The molecule has 0 aromatic carbocycles. The van der Waals surface area contributed by atoms with E-state index < -0.39 is 0 Å². The lowest BCUT2D eigenvalue weighted by molar-refractivity contribution is 0.0959. The number of aromatic nitrogens is 1. The van der Waals surface area contributed by atoms with E-state index in [2.05, 4.69) is 15.6 Å². The summed E-state index contributed by atoms with van der Waals surface area (Å²) < 4.78 is 0. The molecular weight excluding hydrogens is 142 g/mol. The fourth-order valence-corrected chi connectivity index (χ4v) is 0.804. The highest BCUT2D eigenvalue weighted by Gasteiger charge is 2.03. The molecule has 0 unspecified atom stereocenters. The normalized spacial score (nSPS) is 9.27. The van der Waals surface area contributed by atoms with Crippen molar-refractivity contribution in [3.05, 3.63) is 18.0 Å². The molecule has 0 aliphatic heterocycles. The first kappa shape index (κ1) is 7.65. The minimum atomic E-state index is -0.105. The first-order valence-electron chi connectivity index (χ1n) is 3.36. The average molecular weight is 153 g/mol. The molecule has 0 radical (unpaired) electrons. The van der Waals surface area contributed by atoms with Gasteiger partial charge >= 0.3 is 0 Å². The number of H-pyrrole nitrogens is 1. The summed E-state index contributed by atoms with van der Waals surface area (Å²) >= 11 is 0. The van der Waals surface area contributed by atoms with E-state index in [1.54, 1.807) is 26.4 Å². The Labute approximate surface area is 65.0 Å². The Kier molecular flexibility index (Phi) is 2.15. The molecule has 60 valence electrons. The molecule has 4 nitrogen and oxygen atoms in total. The molecule has 0 aliphatic rings. The summed E-state index contributed by atoms with van der Waals surface area (Å²) in [7, 11) is 3.40. The third kappa shape index (κ3) is 1.52. The lowest BCUT2D eigenvalue weighted by Crippen LogP contribution is -2.17. The van der Waals surface area contributed by atoms with E-state index in [-0.39, 0.29) is 5.91 Å². The highest BCUT2D eigenvalue weighted by Crippen LogP contribution is 2.07. The van der Waals surface area contributed by atoms with Gasteiger partial charge in [0.25, 0.3) is 5.91 Å². The molecule has 1 aromatic heterocycles. The molecule has 0 fully saturated rings. The Morgan fingerprint density at radius 1 is 1.55 bits per heavy atom. The molecule has 0 saturated carbocycles. The maximum atomic E-state index is 11.0. The largest absolute Gasteiger partial charge is 0.387 e. The number of hydrogen-bond acceptors (Lipinski definition) is 2. The van der Waals surface area contributed by atoms with Crippen molar-refractivity contribution in [3.8, 4) is 0 Å². The van der Waals surface area contributed by atoms with Crippen LogP contribution in [0.15, 0.2) is 12.3 Å². The Morgan fingerprint density at radius 2 is 2.27 bits per heavy atom. The first-order valence-corrected chi connectivity index (χ1v) is 3.36. The molecular formula is C7H11N3O. The summed E-state index contributed by atoms with van der Waals surface area (Å²) in [4.78, 5) is 13.8. The zero-order chi connectivity index (χ0) is 8.27. The quantitative estimate of drug-likeness (QED) is 0.576. The monoisotopic (exact) mass is 153 g/mol. The van der Waals surface area contributed by atoms with E-state index >= 15 is 0 Å². The number of hydrogen-bond donors (Lipinski definition) is 3. The van der Waals surface area contributed by atoms with Crippen molar-refractivity contribution in [3.63, 3.8) is 0 Å². The van der Waals surface area contributed by atoms with Crippen LogP contribution in [0.25, 0.3) is 0 Å². The standard InChI is InChI=1S/C7H11N3O/c1-8-5-3-6(10-4-5)7(11)9-2/h3-4,8,10H,1-2H3,(H,9,11). The number of anilines is 1.